The Bertz CT molecular complexity index is 1080. The van der Waals surface area contributed by atoms with Crippen LogP contribution in [0.4, 0.5) is 23.2 Å². The molecule has 1 aliphatic heterocycles. The molecule has 0 atom stereocenters. The minimum atomic E-state index is -4.44. The van der Waals surface area contributed by atoms with Gasteiger partial charge < -0.3 is 9.80 Å². The predicted octanol–water partition coefficient (Wildman–Crippen LogP) is 3.06. The van der Waals surface area contributed by atoms with Gasteiger partial charge in [-0.1, -0.05) is 6.07 Å². The summed E-state index contributed by atoms with van der Waals surface area (Å²) >= 11 is 0. The molecule has 31 heavy (non-hydrogen) atoms. The van der Waals surface area contributed by atoms with Gasteiger partial charge in [0.1, 0.15) is 10.7 Å². The molecule has 2 aromatic carbocycles. The van der Waals surface area contributed by atoms with Crippen LogP contribution >= 0.6 is 0 Å². The summed E-state index contributed by atoms with van der Waals surface area (Å²) in [6, 6.07) is 8.12. The topological polar surface area (TPSA) is 60.9 Å². The SMILES string of the molecule is CN(C)S(=O)(=O)c1cc(C(=O)N2CCN(c3cccc(C(F)(F)F)c3)CC2)ccc1F. The highest BCUT2D eigenvalue weighted by Crippen LogP contribution is 2.32. The van der Waals surface area contributed by atoms with Crippen molar-refractivity contribution in [2.24, 2.45) is 0 Å². The minimum Gasteiger partial charge on any atom is -0.368 e. The zero-order chi connectivity index (χ0) is 23.0. The minimum absolute atomic E-state index is 0.0225. The van der Waals surface area contributed by atoms with E-state index in [0.717, 1.165) is 28.6 Å². The number of amides is 1. The molecule has 0 N–H and O–H groups in total. The Balaban J connectivity index is 1.74. The Hall–Kier alpha value is -2.66. The number of nitrogens with zero attached hydrogens (tertiary/aromatic N) is 3. The fraction of sp³-hybridized carbons (Fsp3) is 0.350. The van der Waals surface area contributed by atoms with E-state index in [-0.39, 0.29) is 18.7 Å². The van der Waals surface area contributed by atoms with Crippen molar-refractivity contribution in [2.75, 3.05) is 45.2 Å². The molecule has 168 valence electrons. The van der Waals surface area contributed by atoms with Gasteiger partial charge in [-0.25, -0.2) is 17.1 Å². The fourth-order valence-corrected chi connectivity index (χ4v) is 4.24. The second-order valence-corrected chi connectivity index (χ2v) is 9.38. The van der Waals surface area contributed by atoms with Crippen LogP contribution in [0.1, 0.15) is 15.9 Å². The average molecular weight is 459 g/mol. The molecule has 1 amide bonds. The predicted molar refractivity (Wildman–Crippen MR) is 107 cm³/mol. The third-order valence-corrected chi connectivity index (χ3v) is 6.87. The highest BCUT2D eigenvalue weighted by Gasteiger charge is 2.31. The normalized spacial score (nSPS) is 15.5. The van der Waals surface area contributed by atoms with E-state index < -0.39 is 38.4 Å². The van der Waals surface area contributed by atoms with Crippen LogP contribution in [-0.4, -0.2) is 63.8 Å². The number of rotatable bonds is 4. The molecule has 11 heteroatoms. The number of benzene rings is 2. The van der Waals surface area contributed by atoms with Gasteiger partial charge in [0.05, 0.1) is 5.56 Å². The van der Waals surface area contributed by atoms with Gasteiger partial charge in [-0.2, -0.15) is 13.2 Å². The summed E-state index contributed by atoms with van der Waals surface area (Å²) in [6.45, 7) is 1.05. The van der Waals surface area contributed by atoms with Crippen LogP contribution in [0.15, 0.2) is 47.4 Å². The molecule has 0 unspecified atom stereocenters. The van der Waals surface area contributed by atoms with Crippen LogP contribution in [0.25, 0.3) is 0 Å². The van der Waals surface area contributed by atoms with Gasteiger partial charge in [-0.05, 0) is 36.4 Å². The molecule has 0 saturated carbocycles. The molecule has 0 spiro atoms. The molecule has 1 fully saturated rings. The number of alkyl halides is 3. The van der Waals surface area contributed by atoms with Gasteiger partial charge in [0.15, 0.2) is 0 Å². The molecule has 6 nitrogen and oxygen atoms in total. The maximum absolute atomic E-state index is 14.1. The van der Waals surface area contributed by atoms with Crippen LogP contribution in [-0.2, 0) is 16.2 Å². The maximum Gasteiger partial charge on any atom is 0.416 e. The number of piperazine rings is 1. The number of halogens is 4. The third kappa shape index (κ3) is 4.82. The first-order valence-electron chi connectivity index (χ1n) is 9.35. The maximum atomic E-state index is 14.1. The summed E-state index contributed by atoms with van der Waals surface area (Å²) in [7, 11) is -1.55. The van der Waals surface area contributed by atoms with E-state index in [4.69, 9.17) is 0 Å². The molecular formula is C20H21F4N3O3S. The van der Waals surface area contributed by atoms with E-state index in [9.17, 15) is 30.8 Å². The van der Waals surface area contributed by atoms with E-state index in [2.05, 4.69) is 0 Å². The van der Waals surface area contributed by atoms with Gasteiger partial charge in [-0.3, -0.25) is 4.79 Å². The summed E-state index contributed by atoms with van der Waals surface area (Å²) in [5.41, 5.74) is -0.318. The van der Waals surface area contributed by atoms with Crippen molar-refractivity contribution < 1.29 is 30.8 Å². The third-order valence-electron chi connectivity index (χ3n) is 5.04. The number of hydrogen-bond donors (Lipinski definition) is 0. The monoisotopic (exact) mass is 459 g/mol. The van der Waals surface area contributed by atoms with Crippen molar-refractivity contribution >= 4 is 21.6 Å². The molecular weight excluding hydrogens is 438 g/mol. The average Bonchev–Trinajstić information content (AvgIpc) is 2.73. The molecule has 2 aromatic rings. The number of anilines is 1. The van der Waals surface area contributed by atoms with Crippen LogP contribution in [0.3, 0.4) is 0 Å². The van der Waals surface area contributed by atoms with Crippen molar-refractivity contribution in [3.63, 3.8) is 0 Å². The highest BCUT2D eigenvalue weighted by atomic mass is 32.2. The quantitative estimate of drug-likeness (QED) is 0.660. The van der Waals surface area contributed by atoms with Crippen LogP contribution in [0.5, 0.6) is 0 Å². The van der Waals surface area contributed by atoms with Crippen LogP contribution in [0.2, 0.25) is 0 Å². The second kappa shape index (κ2) is 8.46. The lowest BCUT2D eigenvalue weighted by Crippen LogP contribution is -2.48. The van der Waals surface area contributed by atoms with E-state index in [1.165, 1.54) is 31.1 Å². The van der Waals surface area contributed by atoms with Crippen molar-refractivity contribution in [3.05, 3.63) is 59.4 Å². The molecule has 0 aliphatic carbocycles. The van der Waals surface area contributed by atoms with Gasteiger partial charge in [0.25, 0.3) is 5.91 Å². The van der Waals surface area contributed by atoms with Crippen molar-refractivity contribution in [2.45, 2.75) is 11.1 Å². The summed E-state index contributed by atoms with van der Waals surface area (Å²) in [6.07, 6.45) is -4.44. The molecule has 1 aliphatic rings. The number of carbonyl (C=O) groups excluding carboxylic acids is 1. The number of hydrogen-bond acceptors (Lipinski definition) is 4. The van der Waals surface area contributed by atoms with E-state index >= 15 is 0 Å². The second-order valence-electron chi connectivity index (χ2n) is 7.26. The zero-order valence-corrected chi connectivity index (χ0v) is 17.7. The smallest absolute Gasteiger partial charge is 0.368 e. The van der Waals surface area contributed by atoms with Gasteiger partial charge in [0.2, 0.25) is 10.0 Å². The number of carbonyl (C=O) groups is 1. The summed E-state index contributed by atoms with van der Waals surface area (Å²) in [5, 5.41) is 0. The number of sulfonamides is 1. The van der Waals surface area contributed by atoms with Crippen molar-refractivity contribution in [1.82, 2.24) is 9.21 Å². The first-order valence-corrected chi connectivity index (χ1v) is 10.8. The Morgan fingerprint density at radius 1 is 1.00 bits per heavy atom. The lowest BCUT2D eigenvalue weighted by Gasteiger charge is -2.36. The molecule has 0 aromatic heterocycles. The Morgan fingerprint density at radius 2 is 1.65 bits per heavy atom. The Morgan fingerprint density at radius 3 is 2.23 bits per heavy atom. The van der Waals surface area contributed by atoms with Crippen molar-refractivity contribution in [3.8, 4) is 0 Å². The first kappa shape index (κ1) is 23.0. The van der Waals surface area contributed by atoms with Crippen LogP contribution < -0.4 is 4.90 Å². The Labute approximate surface area is 177 Å². The lowest BCUT2D eigenvalue weighted by atomic mass is 10.1. The zero-order valence-electron chi connectivity index (χ0n) is 16.9. The summed E-state index contributed by atoms with van der Waals surface area (Å²) in [5.74, 6) is -1.43. The van der Waals surface area contributed by atoms with Gasteiger partial charge in [-0.15, -0.1) is 0 Å². The van der Waals surface area contributed by atoms with Crippen LogP contribution in [0, 0.1) is 5.82 Å². The first-order chi connectivity index (χ1) is 14.4. The molecule has 0 radical (unpaired) electrons. The highest BCUT2D eigenvalue weighted by molar-refractivity contribution is 7.89. The van der Waals surface area contributed by atoms with Gasteiger partial charge in [0, 0.05) is 51.5 Å². The van der Waals surface area contributed by atoms with E-state index in [0.29, 0.717) is 18.8 Å². The van der Waals surface area contributed by atoms with E-state index in [1.54, 1.807) is 11.0 Å². The molecule has 0 bridgehead atoms. The largest absolute Gasteiger partial charge is 0.416 e. The Kier molecular flexibility index (Phi) is 6.28. The van der Waals surface area contributed by atoms with E-state index in [1.807, 2.05) is 0 Å². The summed E-state index contributed by atoms with van der Waals surface area (Å²) < 4.78 is 78.3. The standard InChI is InChI=1S/C20H21F4N3O3S/c1-25(2)31(29,30)18-12-14(6-7-17(18)21)19(28)27-10-8-26(9-11-27)16-5-3-4-15(13-16)20(22,23)24/h3-7,12-13H,8-11H2,1-2H3. The molecule has 3 rings (SSSR count). The molecule has 1 heterocycles. The van der Waals surface area contributed by atoms with Gasteiger partial charge >= 0.3 is 6.18 Å². The summed E-state index contributed by atoms with van der Waals surface area (Å²) in [4.78, 5) is 15.4. The fourth-order valence-electron chi connectivity index (χ4n) is 3.26. The lowest BCUT2D eigenvalue weighted by molar-refractivity contribution is -0.137. The molecule has 1 saturated heterocycles. The van der Waals surface area contributed by atoms with Crippen molar-refractivity contribution in [1.29, 1.82) is 0 Å².